The first-order valence-corrected chi connectivity index (χ1v) is 9.17. The number of hydrogen-bond acceptors (Lipinski definition) is 5. The number of carbonyl (C=O) groups excluding carboxylic acids is 2. The van der Waals surface area contributed by atoms with E-state index in [1.807, 2.05) is 29.2 Å². The highest BCUT2D eigenvalue weighted by molar-refractivity contribution is 8.13. The highest BCUT2D eigenvalue weighted by Gasteiger charge is 2.48. The number of likely N-dealkylation sites (N-methyl/N-ethyl adjacent to an activating group) is 1. The summed E-state index contributed by atoms with van der Waals surface area (Å²) in [6, 6.07) is 6.83. The first-order valence-electron chi connectivity index (χ1n) is 7.80. The second-order valence-electron chi connectivity index (χ2n) is 5.78. The van der Waals surface area contributed by atoms with Gasteiger partial charge in [-0.3, -0.25) is 10.1 Å². The molecule has 3 amide bonds. The minimum Gasteiger partial charge on any atom is -0.336 e. The van der Waals surface area contributed by atoms with E-state index in [2.05, 4.69) is 17.2 Å². The van der Waals surface area contributed by atoms with Crippen molar-refractivity contribution in [1.29, 1.82) is 0 Å². The fourth-order valence-electron chi connectivity index (χ4n) is 2.83. The highest BCUT2D eigenvalue weighted by Crippen LogP contribution is 2.30. The van der Waals surface area contributed by atoms with Crippen LogP contribution in [0.3, 0.4) is 0 Å². The monoisotopic (exact) mass is 366 g/mol. The van der Waals surface area contributed by atoms with E-state index in [0.29, 0.717) is 5.02 Å². The summed E-state index contributed by atoms with van der Waals surface area (Å²) in [6.45, 7) is 2.79. The largest absolute Gasteiger partial charge is 0.336 e. The van der Waals surface area contributed by atoms with Gasteiger partial charge in [0.1, 0.15) is 0 Å². The number of benzene rings is 1. The number of fused-ring (bicyclic) bond motifs is 1. The molecule has 0 saturated carbocycles. The van der Waals surface area contributed by atoms with Gasteiger partial charge in [-0.2, -0.15) is 0 Å². The van der Waals surface area contributed by atoms with Crippen molar-refractivity contribution >= 4 is 40.5 Å². The lowest BCUT2D eigenvalue weighted by Crippen LogP contribution is -2.63. The van der Waals surface area contributed by atoms with Crippen molar-refractivity contribution in [3.8, 4) is 0 Å². The van der Waals surface area contributed by atoms with Crippen molar-refractivity contribution in [1.82, 2.24) is 15.1 Å². The van der Waals surface area contributed by atoms with Gasteiger partial charge in [-0.25, -0.2) is 9.79 Å². The van der Waals surface area contributed by atoms with E-state index in [-0.39, 0.29) is 5.91 Å². The number of halogens is 1. The van der Waals surface area contributed by atoms with Crippen molar-refractivity contribution in [2.24, 2.45) is 4.99 Å². The summed E-state index contributed by atoms with van der Waals surface area (Å²) < 4.78 is 0. The Hall–Kier alpha value is -1.73. The van der Waals surface area contributed by atoms with Crippen LogP contribution in [-0.2, 0) is 10.5 Å². The Morgan fingerprint density at radius 3 is 2.67 bits per heavy atom. The van der Waals surface area contributed by atoms with Crippen molar-refractivity contribution in [2.45, 2.75) is 31.3 Å². The summed E-state index contributed by atoms with van der Waals surface area (Å²) >= 11 is 7.49. The molecule has 8 heteroatoms. The predicted molar refractivity (Wildman–Crippen MR) is 96.1 cm³/mol. The molecular formula is C16H19ClN4O2S. The van der Waals surface area contributed by atoms with Gasteiger partial charge in [-0.05, 0) is 24.1 Å². The van der Waals surface area contributed by atoms with E-state index in [9.17, 15) is 9.59 Å². The Kier molecular flexibility index (Phi) is 5.01. The van der Waals surface area contributed by atoms with Crippen LogP contribution in [0, 0.1) is 0 Å². The van der Waals surface area contributed by atoms with Crippen LogP contribution in [0.4, 0.5) is 4.79 Å². The van der Waals surface area contributed by atoms with E-state index in [4.69, 9.17) is 11.6 Å². The Labute approximate surface area is 150 Å². The maximum Gasteiger partial charge on any atom is 0.325 e. The van der Waals surface area contributed by atoms with Crippen LogP contribution in [-0.4, -0.2) is 52.7 Å². The van der Waals surface area contributed by atoms with Gasteiger partial charge in [0.2, 0.25) is 0 Å². The van der Waals surface area contributed by atoms with Crippen LogP contribution in [0.1, 0.15) is 18.9 Å². The van der Waals surface area contributed by atoms with Gasteiger partial charge in [0, 0.05) is 24.4 Å². The number of thioether (sulfide) groups is 1. The van der Waals surface area contributed by atoms with Crippen molar-refractivity contribution in [3.63, 3.8) is 0 Å². The smallest absolute Gasteiger partial charge is 0.325 e. The van der Waals surface area contributed by atoms with Gasteiger partial charge in [0.05, 0.1) is 0 Å². The molecular weight excluding hydrogens is 348 g/mol. The molecule has 128 valence electrons. The zero-order chi connectivity index (χ0) is 17.3. The van der Waals surface area contributed by atoms with E-state index in [1.54, 1.807) is 18.8 Å². The number of nitrogens with zero attached hydrogens (tertiary/aromatic N) is 3. The number of carbonyl (C=O) groups is 2. The molecule has 0 radical (unpaired) electrons. The third-order valence-electron chi connectivity index (χ3n) is 4.07. The zero-order valence-corrected chi connectivity index (χ0v) is 15.1. The van der Waals surface area contributed by atoms with E-state index < -0.39 is 18.2 Å². The average Bonchev–Trinajstić information content (AvgIpc) is 2.92. The Balaban J connectivity index is 1.78. The number of imide groups is 1. The van der Waals surface area contributed by atoms with Crippen molar-refractivity contribution < 1.29 is 9.59 Å². The van der Waals surface area contributed by atoms with Gasteiger partial charge >= 0.3 is 6.03 Å². The number of hydrogen-bond donors (Lipinski definition) is 1. The molecule has 6 nitrogen and oxygen atoms in total. The lowest BCUT2D eigenvalue weighted by Gasteiger charge is -2.36. The van der Waals surface area contributed by atoms with Gasteiger partial charge in [-0.1, -0.05) is 42.4 Å². The molecule has 24 heavy (non-hydrogen) atoms. The minimum absolute atomic E-state index is 0.276. The number of aliphatic imine (C=N–C) groups is 1. The number of amides is 3. The van der Waals surface area contributed by atoms with Crippen molar-refractivity contribution in [3.05, 3.63) is 34.9 Å². The normalized spacial score (nSPS) is 23.2. The second-order valence-corrected chi connectivity index (χ2v) is 7.16. The Morgan fingerprint density at radius 2 is 2.00 bits per heavy atom. The second kappa shape index (κ2) is 7.03. The van der Waals surface area contributed by atoms with Crippen LogP contribution in [0.5, 0.6) is 0 Å². The van der Waals surface area contributed by atoms with Crippen LogP contribution in [0.2, 0.25) is 5.02 Å². The van der Waals surface area contributed by atoms with Crippen LogP contribution in [0.25, 0.3) is 0 Å². The first kappa shape index (κ1) is 17.1. The van der Waals surface area contributed by atoms with E-state index in [0.717, 1.165) is 29.4 Å². The maximum atomic E-state index is 12.3. The molecule has 1 saturated heterocycles. The third-order valence-corrected chi connectivity index (χ3v) is 5.40. The SMILES string of the molecule is CCCN1C(SCc2ccc(Cl)cc2)=NC2C1C(=O)NC(=O)N2C. The predicted octanol–water partition coefficient (Wildman–Crippen LogP) is 2.53. The standard InChI is InChI=1S/C16H19ClN4O2S/c1-3-8-21-12-13(20(2)15(23)19-14(12)22)18-16(21)24-9-10-4-6-11(17)7-5-10/h4-7,12-13H,3,8-9H2,1-2H3,(H,19,22,23). The molecule has 0 aliphatic carbocycles. The topological polar surface area (TPSA) is 65.0 Å². The zero-order valence-electron chi connectivity index (χ0n) is 13.5. The molecule has 2 aliphatic rings. The molecule has 2 unspecified atom stereocenters. The summed E-state index contributed by atoms with van der Waals surface area (Å²) in [5.41, 5.74) is 1.13. The molecule has 1 fully saturated rings. The summed E-state index contributed by atoms with van der Waals surface area (Å²) in [6.07, 6.45) is 0.444. The van der Waals surface area contributed by atoms with Crippen LogP contribution < -0.4 is 5.32 Å². The summed E-state index contributed by atoms with van der Waals surface area (Å²) in [7, 11) is 1.67. The molecule has 1 N–H and O–H groups in total. The fraction of sp³-hybridized carbons (Fsp3) is 0.438. The maximum absolute atomic E-state index is 12.3. The van der Waals surface area contributed by atoms with Gasteiger partial charge in [-0.15, -0.1) is 0 Å². The van der Waals surface area contributed by atoms with E-state index in [1.165, 1.54) is 4.90 Å². The van der Waals surface area contributed by atoms with Gasteiger partial charge < -0.3 is 9.80 Å². The van der Waals surface area contributed by atoms with Gasteiger partial charge in [0.25, 0.3) is 5.91 Å². The Bertz CT molecular complexity index is 679. The lowest BCUT2D eigenvalue weighted by atomic mass is 10.1. The molecule has 2 atom stereocenters. The molecule has 0 spiro atoms. The fourth-order valence-corrected chi connectivity index (χ4v) is 3.99. The van der Waals surface area contributed by atoms with Crippen LogP contribution in [0.15, 0.2) is 29.3 Å². The third kappa shape index (κ3) is 3.23. The molecule has 2 aliphatic heterocycles. The number of nitrogens with one attached hydrogen (secondary N) is 1. The number of amidine groups is 1. The number of urea groups is 1. The molecule has 0 bridgehead atoms. The van der Waals surface area contributed by atoms with Crippen LogP contribution >= 0.6 is 23.4 Å². The Morgan fingerprint density at radius 1 is 1.29 bits per heavy atom. The quantitative estimate of drug-likeness (QED) is 0.889. The summed E-state index contributed by atoms with van der Waals surface area (Å²) in [4.78, 5) is 32.2. The molecule has 2 heterocycles. The summed E-state index contributed by atoms with van der Waals surface area (Å²) in [5.74, 6) is 0.456. The lowest BCUT2D eigenvalue weighted by molar-refractivity contribution is -0.127. The summed E-state index contributed by atoms with van der Waals surface area (Å²) in [5, 5.41) is 3.91. The molecule has 1 aromatic carbocycles. The first-order chi connectivity index (χ1) is 11.5. The average molecular weight is 367 g/mol. The highest BCUT2D eigenvalue weighted by atomic mass is 35.5. The molecule has 0 aromatic heterocycles. The van der Waals surface area contributed by atoms with E-state index >= 15 is 0 Å². The minimum atomic E-state index is -0.453. The number of rotatable bonds is 4. The molecule has 3 rings (SSSR count). The molecule has 1 aromatic rings. The van der Waals surface area contributed by atoms with Crippen molar-refractivity contribution in [2.75, 3.05) is 13.6 Å². The van der Waals surface area contributed by atoms with Gasteiger partial charge in [0.15, 0.2) is 17.4 Å².